The lowest BCUT2D eigenvalue weighted by Gasteiger charge is -2.04. The summed E-state index contributed by atoms with van der Waals surface area (Å²) in [4.78, 5) is 0. The Morgan fingerprint density at radius 2 is 2.44 bits per heavy atom. The summed E-state index contributed by atoms with van der Waals surface area (Å²) in [7, 11) is 0. The molecule has 2 atom stereocenters. The topological polar surface area (TPSA) is 49.7 Å². The first-order valence-corrected chi connectivity index (χ1v) is 2.85. The Balaban J connectivity index is 2.51. The summed E-state index contributed by atoms with van der Waals surface area (Å²) in [6, 6.07) is 0. The minimum Gasteiger partial charge on any atom is -0.393 e. The van der Waals surface area contributed by atoms with Crippen LogP contribution in [0.3, 0.4) is 0 Å². The maximum absolute atomic E-state index is 8.96. The SMILES string of the molecule is C=C1[C@@H](O)CO[C@@H]1CO. The van der Waals surface area contributed by atoms with E-state index in [9.17, 15) is 0 Å². The maximum atomic E-state index is 8.96. The second-order valence-corrected chi connectivity index (χ2v) is 2.10. The number of aliphatic hydroxyl groups is 2. The summed E-state index contributed by atoms with van der Waals surface area (Å²) in [6.07, 6.45) is -0.929. The molecule has 9 heavy (non-hydrogen) atoms. The first-order chi connectivity index (χ1) is 4.25. The molecule has 2 N–H and O–H groups in total. The zero-order chi connectivity index (χ0) is 6.85. The monoisotopic (exact) mass is 130 g/mol. The fraction of sp³-hybridized carbons (Fsp3) is 0.667. The molecule has 0 saturated carbocycles. The number of ether oxygens (including phenoxy) is 1. The second kappa shape index (κ2) is 2.47. The first-order valence-electron chi connectivity index (χ1n) is 2.85. The lowest BCUT2D eigenvalue weighted by Crippen LogP contribution is -2.14. The van der Waals surface area contributed by atoms with Crippen molar-refractivity contribution in [2.75, 3.05) is 13.2 Å². The third-order valence-electron chi connectivity index (χ3n) is 1.46. The lowest BCUT2D eigenvalue weighted by molar-refractivity contribution is 0.0563. The van der Waals surface area contributed by atoms with Gasteiger partial charge < -0.3 is 14.9 Å². The molecule has 0 aromatic rings. The van der Waals surface area contributed by atoms with Crippen molar-refractivity contribution < 1.29 is 14.9 Å². The molecule has 1 aliphatic heterocycles. The summed E-state index contributed by atoms with van der Waals surface area (Å²) >= 11 is 0. The van der Waals surface area contributed by atoms with Crippen LogP contribution >= 0.6 is 0 Å². The van der Waals surface area contributed by atoms with Crippen LogP contribution in [0.25, 0.3) is 0 Å². The second-order valence-electron chi connectivity index (χ2n) is 2.10. The summed E-state index contributed by atoms with van der Waals surface area (Å²) < 4.78 is 4.93. The van der Waals surface area contributed by atoms with E-state index in [1.807, 2.05) is 0 Å². The fourth-order valence-corrected chi connectivity index (χ4v) is 0.806. The summed E-state index contributed by atoms with van der Waals surface area (Å²) in [6.45, 7) is 3.73. The van der Waals surface area contributed by atoms with Crippen LogP contribution in [0.1, 0.15) is 0 Å². The average Bonchev–Trinajstić information content (AvgIpc) is 2.15. The minimum atomic E-state index is -0.581. The van der Waals surface area contributed by atoms with Crippen molar-refractivity contribution in [3.63, 3.8) is 0 Å². The number of hydrogen-bond donors (Lipinski definition) is 2. The largest absolute Gasteiger partial charge is 0.393 e. The standard InChI is InChI=1S/C6H10O3/c1-4-5(8)3-9-6(4)2-7/h5-8H,1-3H2/t5-,6+/m0/s1. The molecule has 1 heterocycles. The van der Waals surface area contributed by atoms with Gasteiger partial charge in [-0.2, -0.15) is 0 Å². The molecule has 1 aliphatic rings. The normalized spacial score (nSPS) is 35.6. The van der Waals surface area contributed by atoms with E-state index in [1.165, 1.54) is 0 Å². The van der Waals surface area contributed by atoms with Gasteiger partial charge in [0, 0.05) is 0 Å². The van der Waals surface area contributed by atoms with E-state index in [2.05, 4.69) is 6.58 Å². The van der Waals surface area contributed by atoms with Crippen LogP contribution in [0, 0.1) is 0 Å². The zero-order valence-electron chi connectivity index (χ0n) is 5.08. The molecule has 52 valence electrons. The molecule has 0 bridgehead atoms. The Labute approximate surface area is 53.6 Å². The van der Waals surface area contributed by atoms with Crippen molar-refractivity contribution in [3.05, 3.63) is 12.2 Å². The predicted octanol–water partition coefficient (Wildman–Crippen LogP) is -0.705. The van der Waals surface area contributed by atoms with Gasteiger partial charge in [0.1, 0.15) is 12.2 Å². The molecule has 3 nitrogen and oxygen atoms in total. The quantitative estimate of drug-likeness (QED) is 0.461. The van der Waals surface area contributed by atoms with Crippen molar-refractivity contribution in [2.24, 2.45) is 0 Å². The zero-order valence-corrected chi connectivity index (χ0v) is 5.08. The van der Waals surface area contributed by atoms with Crippen molar-refractivity contribution in [1.82, 2.24) is 0 Å². The Kier molecular flexibility index (Phi) is 1.85. The summed E-state index contributed by atoms with van der Waals surface area (Å²) in [5, 5.41) is 17.5. The lowest BCUT2D eigenvalue weighted by atomic mass is 10.1. The molecule has 0 aromatic heterocycles. The van der Waals surface area contributed by atoms with Gasteiger partial charge in [0.15, 0.2) is 0 Å². The van der Waals surface area contributed by atoms with Crippen LogP contribution in [-0.4, -0.2) is 35.6 Å². The molecular weight excluding hydrogens is 120 g/mol. The van der Waals surface area contributed by atoms with Crippen molar-refractivity contribution in [3.8, 4) is 0 Å². The van der Waals surface area contributed by atoms with Gasteiger partial charge in [-0.15, -0.1) is 0 Å². The molecule has 0 aromatic carbocycles. The molecule has 0 amide bonds. The van der Waals surface area contributed by atoms with E-state index >= 15 is 0 Å². The van der Waals surface area contributed by atoms with E-state index in [0.717, 1.165) is 0 Å². The number of aliphatic hydroxyl groups excluding tert-OH is 2. The van der Waals surface area contributed by atoms with E-state index in [0.29, 0.717) is 5.57 Å². The molecule has 0 aliphatic carbocycles. The van der Waals surface area contributed by atoms with Crippen molar-refractivity contribution in [1.29, 1.82) is 0 Å². The Morgan fingerprint density at radius 1 is 1.78 bits per heavy atom. The van der Waals surface area contributed by atoms with Gasteiger partial charge >= 0.3 is 0 Å². The molecule has 1 fully saturated rings. The highest BCUT2D eigenvalue weighted by molar-refractivity contribution is 5.12. The van der Waals surface area contributed by atoms with Gasteiger partial charge in [0.25, 0.3) is 0 Å². The first kappa shape index (κ1) is 6.74. The van der Waals surface area contributed by atoms with Crippen molar-refractivity contribution >= 4 is 0 Å². The molecular formula is C6H10O3. The van der Waals surface area contributed by atoms with Crippen LogP contribution < -0.4 is 0 Å². The highest BCUT2D eigenvalue weighted by Crippen LogP contribution is 2.17. The third kappa shape index (κ3) is 1.13. The average molecular weight is 130 g/mol. The number of hydrogen-bond acceptors (Lipinski definition) is 3. The highest BCUT2D eigenvalue weighted by atomic mass is 16.5. The van der Waals surface area contributed by atoms with Gasteiger partial charge in [-0.1, -0.05) is 6.58 Å². The Bertz CT molecular complexity index is 121. The molecule has 1 saturated heterocycles. The van der Waals surface area contributed by atoms with Gasteiger partial charge in [-0.05, 0) is 5.57 Å². The molecule has 0 unspecified atom stereocenters. The molecule has 1 rings (SSSR count). The minimum absolute atomic E-state index is 0.0874. The fourth-order valence-electron chi connectivity index (χ4n) is 0.806. The maximum Gasteiger partial charge on any atom is 0.104 e. The highest BCUT2D eigenvalue weighted by Gasteiger charge is 2.26. The Hall–Kier alpha value is -0.380. The van der Waals surface area contributed by atoms with E-state index in [1.54, 1.807) is 0 Å². The summed E-state index contributed by atoms with van der Waals surface area (Å²) in [5.74, 6) is 0. The third-order valence-corrected chi connectivity index (χ3v) is 1.46. The van der Waals surface area contributed by atoms with Crippen LogP contribution in [0.2, 0.25) is 0 Å². The van der Waals surface area contributed by atoms with E-state index in [-0.39, 0.29) is 19.3 Å². The van der Waals surface area contributed by atoms with Crippen LogP contribution in [0.4, 0.5) is 0 Å². The smallest absolute Gasteiger partial charge is 0.104 e. The molecule has 0 radical (unpaired) electrons. The van der Waals surface area contributed by atoms with Gasteiger partial charge in [0.2, 0.25) is 0 Å². The van der Waals surface area contributed by atoms with Crippen LogP contribution in [0.5, 0.6) is 0 Å². The molecule has 0 spiro atoms. The molecule has 3 heteroatoms. The number of rotatable bonds is 1. The van der Waals surface area contributed by atoms with Crippen molar-refractivity contribution in [2.45, 2.75) is 12.2 Å². The van der Waals surface area contributed by atoms with E-state index in [4.69, 9.17) is 14.9 Å². The Morgan fingerprint density at radius 3 is 2.67 bits per heavy atom. The van der Waals surface area contributed by atoms with Gasteiger partial charge in [-0.25, -0.2) is 0 Å². The van der Waals surface area contributed by atoms with Crippen LogP contribution in [0.15, 0.2) is 12.2 Å². The van der Waals surface area contributed by atoms with E-state index < -0.39 is 6.10 Å². The van der Waals surface area contributed by atoms with Gasteiger partial charge in [0.05, 0.1) is 13.2 Å². The summed E-state index contributed by atoms with van der Waals surface area (Å²) in [5.41, 5.74) is 0.581. The predicted molar refractivity (Wildman–Crippen MR) is 32.0 cm³/mol. The van der Waals surface area contributed by atoms with Crippen LogP contribution in [-0.2, 0) is 4.74 Å². The van der Waals surface area contributed by atoms with Gasteiger partial charge in [-0.3, -0.25) is 0 Å².